The van der Waals surface area contributed by atoms with Crippen molar-refractivity contribution in [3.05, 3.63) is 0 Å². The lowest BCUT2D eigenvalue weighted by atomic mass is 9.81. The molecule has 0 bridgehead atoms. The summed E-state index contributed by atoms with van der Waals surface area (Å²) in [6.07, 6.45) is 7.13. The number of rotatable bonds is 6. The van der Waals surface area contributed by atoms with Gasteiger partial charge in [0.25, 0.3) is 0 Å². The molecule has 2 aliphatic carbocycles. The summed E-state index contributed by atoms with van der Waals surface area (Å²) in [4.78, 5) is 2.52. The molecule has 0 aliphatic heterocycles. The van der Waals surface area contributed by atoms with Gasteiger partial charge in [0, 0.05) is 25.7 Å². The number of hydrogen-bond donors (Lipinski definition) is 1. The van der Waals surface area contributed by atoms with Crippen LogP contribution in [-0.4, -0.2) is 48.5 Å². The van der Waals surface area contributed by atoms with E-state index in [2.05, 4.69) is 11.8 Å². The van der Waals surface area contributed by atoms with Crippen molar-refractivity contribution >= 4 is 0 Å². The van der Waals surface area contributed by atoms with Crippen molar-refractivity contribution < 1.29 is 9.84 Å². The van der Waals surface area contributed by atoms with Gasteiger partial charge in [-0.2, -0.15) is 0 Å². The lowest BCUT2D eigenvalue weighted by molar-refractivity contribution is -0.0106. The summed E-state index contributed by atoms with van der Waals surface area (Å²) in [5.74, 6) is 0.812. The van der Waals surface area contributed by atoms with E-state index in [1.165, 1.54) is 32.1 Å². The summed E-state index contributed by atoms with van der Waals surface area (Å²) in [7, 11) is 1.76. The van der Waals surface area contributed by atoms with Gasteiger partial charge in [-0.25, -0.2) is 0 Å². The minimum atomic E-state index is -0.116. The molecule has 3 unspecified atom stereocenters. The third-order valence-electron chi connectivity index (χ3n) is 4.46. The van der Waals surface area contributed by atoms with Crippen LogP contribution in [0.15, 0.2) is 0 Å². The zero-order valence-electron chi connectivity index (χ0n) is 11.3. The van der Waals surface area contributed by atoms with E-state index in [0.29, 0.717) is 6.04 Å². The molecule has 3 nitrogen and oxygen atoms in total. The molecule has 17 heavy (non-hydrogen) atoms. The molecule has 100 valence electrons. The number of hydrogen-bond acceptors (Lipinski definition) is 3. The van der Waals surface area contributed by atoms with Crippen LogP contribution in [0.25, 0.3) is 0 Å². The van der Waals surface area contributed by atoms with Crippen molar-refractivity contribution in [2.24, 2.45) is 5.92 Å². The molecule has 0 spiro atoms. The van der Waals surface area contributed by atoms with Crippen LogP contribution < -0.4 is 0 Å². The van der Waals surface area contributed by atoms with Crippen LogP contribution in [-0.2, 0) is 4.74 Å². The average Bonchev–Trinajstić information content (AvgIpc) is 3.16. The average molecular weight is 241 g/mol. The van der Waals surface area contributed by atoms with Crippen LogP contribution >= 0.6 is 0 Å². The van der Waals surface area contributed by atoms with Gasteiger partial charge >= 0.3 is 0 Å². The molecule has 0 heterocycles. The lowest BCUT2D eigenvalue weighted by Crippen LogP contribution is -2.49. The van der Waals surface area contributed by atoms with E-state index < -0.39 is 0 Å². The second-order valence-electron chi connectivity index (χ2n) is 5.68. The standard InChI is InChI=1S/C14H27NO2/c1-3-11-4-7-14(16)13(10-11)15(8-9-17-2)12-5-6-12/h11-14,16H,3-10H2,1-2H3. The summed E-state index contributed by atoms with van der Waals surface area (Å²) < 4.78 is 5.21. The molecule has 1 N–H and O–H groups in total. The highest BCUT2D eigenvalue weighted by atomic mass is 16.5. The Morgan fingerprint density at radius 2 is 2.00 bits per heavy atom. The minimum Gasteiger partial charge on any atom is -0.391 e. The normalized spacial score (nSPS) is 34.2. The van der Waals surface area contributed by atoms with Crippen LogP contribution in [0.5, 0.6) is 0 Å². The number of nitrogens with zero attached hydrogens (tertiary/aromatic N) is 1. The van der Waals surface area contributed by atoms with E-state index in [4.69, 9.17) is 4.74 Å². The van der Waals surface area contributed by atoms with E-state index >= 15 is 0 Å². The maximum Gasteiger partial charge on any atom is 0.0695 e. The SMILES string of the molecule is CCC1CCC(O)C(N(CCOC)C2CC2)C1. The fraction of sp³-hybridized carbons (Fsp3) is 1.00. The van der Waals surface area contributed by atoms with E-state index in [0.717, 1.165) is 31.5 Å². The first-order chi connectivity index (χ1) is 8.26. The summed E-state index contributed by atoms with van der Waals surface area (Å²) in [5, 5.41) is 10.2. The van der Waals surface area contributed by atoms with Crippen molar-refractivity contribution in [2.75, 3.05) is 20.3 Å². The molecule has 2 aliphatic rings. The molecule has 2 fully saturated rings. The summed E-state index contributed by atoms with van der Waals surface area (Å²) >= 11 is 0. The first kappa shape index (κ1) is 13.3. The summed E-state index contributed by atoms with van der Waals surface area (Å²) in [6, 6.07) is 1.11. The molecule has 0 radical (unpaired) electrons. The first-order valence-corrected chi connectivity index (χ1v) is 7.19. The Bertz CT molecular complexity index is 230. The van der Waals surface area contributed by atoms with Gasteiger partial charge in [-0.05, 0) is 38.0 Å². The molecule has 2 rings (SSSR count). The third-order valence-corrected chi connectivity index (χ3v) is 4.46. The summed E-state index contributed by atoms with van der Waals surface area (Å²) in [5.41, 5.74) is 0. The Morgan fingerprint density at radius 3 is 2.59 bits per heavy atom. The van der Waals surface area contributed by atoms with Gasteiger partial charge in [0.05, 0.1) is 12.7 Å². The minimum absolute atomic E-state index is 0.116. The molecule has 0 amide bonds. The van der Waals surface area contributed by atoms with Crippen LogP contribution in [0, 0.1) is 5.92 Å². The molecule has 2 saturated carbocycles. The van der Waals surface area contributed by atoms with Gasteiger partial charge in [0.1, 0.15) is 0 Å². The third kappa shape index (κ3) is 3.43. The molecular weight excluding hydrogens is 214 g/mol. The van der Waals surface area contributed by atoms with Gasteiger partial charge in [-0.15, -0.1) is 0 Å². The van der Waals surface area contributed by atoms with Crippen LogP contribution in [0.4, 0.5) is 0 Å². The van der Waals surface area contributed by atoms with Crippen LogP contribution in [0.2, 0.25) is 0 Å². The van der Waals surface area contributed by atoms with E-state index in [1.807, 2.05) is 0 Å². The highest BCUT2D eigenvalue weighted by Gasteiger charge is 2.39. The Balaban J connectivity index is 1.94. The lowest BCUT2D eigenvalue weighted by Gasteiger charge is -2.40. The molecule has 0 aromatic rings. The van der Waals surface area contributed by atoms with Crippen molar-refractivity contribution in [2.45, 2.75) is 63.6 Å². The number of methoxy groups -OCH3 is 1. The van der Waals surface area contributed by atoms with E-state index in [9.17, 15) is 5.11 Å². The highest BCUT2D eigenvalue weighted by molar-refractivity contribution is 4.94. The highest BCUT2D eigenvalue weighted by Crippen LogP contribution is 2.36. The number of aliphatic hydroxyl groups is 1. The van der Waals surface area contributed by atoms with E-state index in [-0.39, 0.29) is 6.10 Å². The quantitative estimate of drug-likeness (QED) is 0.772. The topological polar surface area (TPSA) is 32.7 Å². The van der Waals surface area contributed by atoms with Crippen LogP contribution in [0.3, 0.4) is 0 Å². The largest absolute Gasteiger partial charge is 0.391 e. The van der Waals surface area contributed by atoms with Gasteiger partial charge < -0.3 is 9.84 Å². The Kier molecular flexibility index (Phi) is 4.83. The van der Waals surface area contributed by atoms with Crippen molar-refractivity contribution in [1.29, 1.82) is 0 Å². The number of ether oxygens (including phenoxy) is 1. The van der Waals surface area contributed by atoms with Crippen LogP contribution in [0.1, 0.15) is 45.4 Å². The Hall–Kier alpha value is -0.120. The summed E-state index contributed by atoms with van der Waals surface area (Å²) in [6.45, 7) is 4.05. The smallest absolute Gasteiger partial charge is 0.0695 e. The maximum atomic E-state index is 10.2. The van der Waals surface area contributed by atoms with Gasteiger partial charge in [-0.3, -0.25) is 4.90 Å². The van der Waals surface area contributed by atoms with Gasteiger partial charge in [-0.1, -0.05) is 13.3 Å². The molecule has 0 aromatic carbocycles. The van der Waals surface area contributed by atoms with Crippen molar-refractivity contribution in [1.82, 2.24) is 4.90 Å². The number of aliphatic hydroxyl groups excluding tert-OH is 1. The Morgan fingerprint density at radius 1 is 1.24 bits per heavy atom. The van der Waals surface area contributed by atoms with E-state index in [1.54, 1.807) is 7.11 Å². The second-order valence-corrected chi connectivity index (χ2v) is 5.68. The van der Waals surface area contributed by atoms with Gasteiger partial charge in [0.2, 0.25) is 0 Å². The molecule has 0 saturated heterocycles. The predicted molar refractivity (Wildman–Crippen MR) is 69.0 cm³/mol. The first-order valence-electron chi connectivity index (χ1n) is 7.19. The zero-order valence-corrected chi connectivity index (χ0v) is 11.3. The monoisotopic (exact) mass is 241 g/mol. The fourth-order valence-electron chi connectivity index (χ4n) is 3.16. The molecule has 0 aromatic heterocycles. The van der Waals surface area contributed by atoms with Gasteiger partial charge in [0.15, 0.2) is 0 Å². The zero-order chi connectivity index (χ0) is 12.3. The Labute approximate surface area is 105 Å². The predicted octanol–water partition coefficient (Wildman–Crippen LogP) is 2.04. The molecule has 3 heteroatoms. The molecule has 3 atom stereocenters. The maximum absolute atomic E-state index is 10.2. The molecular formula is C14H27NO2. The van der Waals surface area contributed by atoms with Crippen molar-refractivity contribution in [3.8, 4) is 0 Å². The fourth-order valence-corrected chi connectivity index (χ4v) is 3.16. The van der Waals surface area contributed by atoms with Crippen molar-refractivity contribution in [3.63, 3.8) is 0 Å². The second kappa shape index (κ2) is 6.17.